The topological polar surface area (TPSA) is 0 Å². The van der Waals surface area contributed by atoms with Gasteiger partial charge in [-0.2, -0.15) is 0 Å². The minimum Gasteiger partial charge on any atom is -0.0616 e. The molecule has 0 amide bonds. The van der Waals surface area contributed by atoms with Gasteiger partial charge in [-0.25, -0.2) is 0 Å². The molecule has 8 aromatic rings. The lowest BCUT2D eigenvalue weighted by Crippen LogP contribution is -2.15. The van der Waals surface area contributed by atoms with Gasteiger partial charge in [-0.15, -0.1) is 0 Å². The highest BCUT2D eigenvalue weighted by atomic mass is 14.4. The van der Waals surface area contributed by atoms with Crippen molar-refractivity contribution in [2.24, 2.45) is 0 Å². The third-order valence-electron chi connectivity index (χ3n) is 10.6. The monoisotopic (exact) mass is 576 g/mol. The number of benzene rings is 8. The molecule has 0 heterocycles. The molecule has 216 valence electrons. The Kier molecular flexibility index (Phi) is 5.32. The lowest BCUT2D eigenvalue weighted by Gasteiger charge is -2.23. The first kappa shape index (κ1) is 26.5. The molecule has 45 heavy (non-hydrogen) atoms. The molecule has 0 saturated heterocycles. The van der Waals surface area contributed by atoms with Crippen LogP contribution in [0, 0.1) is 0 Å². The van der Waals surface area contributed by atoms with E-state index in [1.807, 2.05) is 0 Å². The molecule has 0 unspecified atom stereocenters. The van der Waals surface area contributed by atoms with E-state index in [2.05, 4.69) is 162 Å². The maximum absolute atomic E-state index is 2.47. The van der Waals surface area contributed by atoms with E-state index in [-0.39, 0.29) is 10.8 Å². The lowest BCUT2D eigenvalue weighted by molar-refractivity contribution is 0.590. The van der Waals surface area contributed by atoms with Crippen molar-refractivity contribution in [3.05, 3.63) is 144 Å². The summed E-state index contributed by atoms with van der Waals surface area (Å²) in [4.78, 5) is 0. The van der Waals surface area contributed by atoms with Crippen LogP contribution in [0.25, 0.3) is 76.5 Å². The second-order valence-corrected chi connectivity index (χ2v) is 14.6. The van der Waals surface area contributed by atoms with Crippen LogP contribution in [0.15, 0.2) is 127 Å². The second-order valence-electron chi connectivity index (χ2n) is 14.6. The number of fused-ring (bicyclic) bond motifs is 6. The van der Waals surface area contributed by atoms with Gasteiger partial charge in [0, 0.05) is 5.41 Å². The summed E-state index contributed by atoms with van der Waals surface area (Å²) in [5.41, 5.74) is 12.1. The highest BCUT2D eigenvalue weighted by molar-refractivity contribution is 6.35. The van der Waals surface area contributed by atoms with Crippen molar-refractivity contribution in [1.82, 2.24) is 0 Å². The van der Waals surface area contributed by atoms with E-state index in [9.17, 15) is 0 Å². The molecule has 9 rings (SSSR count). The molecular formula is C45H36. The molecule has 0 N–H and O–H groups in total. The molecule has 0 aromatic heterocycles. The highest BCUT2D eigenvalue weighted by Crippen LogP contribution is 2.51. The number of hydrogen-bond donors (Lipinski definition) is 0. The van der Waals surface area contributed by atoms with Crippen molar-refractivity contribution in [2.75, 3.05) is 0 Å². The van der Waals surface area contributed by atoms with E-state index in [4.69, 9.17) is 0 Å². The third-order valence-corrected chi connectivity index (χ3v) is 10.6. The third kappa shape index (κ3) is 3.72. The fourth-order valence-corrected chi connectivity index (χ4v) is 8.12. The molecule has 0 fully saturated rings. The Morgan fingerprint density at radius 3 is 1.67 bits per heavy atom. The zero-order chi connectivity index (χ0) is 30.7. The van der Waals surface area contributed by atoms with E-state index < -0.39 is 0 Å². The van der Waals surface area contributed by atoms with Crippen LogP contribution < -0.4 is 0 Å². The molecule has 0 nitrogen and oxygen atoms in total. The molecular weight excluding hydrogens is 540 g/mol. The summed E-state index contributed by atoms with van der Waals surface area (Å²) in [6.45, 7) is 11.6. The molecule has 0 bridgehead atoms. The summed E-state index contributed by atoms with van der Waals surface area (Å²) >= 11 is 0. The zero-order valence-electron chi connectivity index (χ0n) is 26.6. The second kappa shape index (κ2) is 9.05. The number of hydrogen-bond acceptors (Lipinski definition) is 0. The molecule has 0 heteroatoms. The Bertz CT molecular complexity index is 2460. The maximum Gasteiger partial charge on any atom is 0.0159 e. The van der Waals surface area contributed by atoms with Crippen LogP contribution in [0.2, 0.25) is 0 Å². The summed E-state index contributed by atoms with van der Waals surface area (Å²) in [6.07, 6.45) is 0. The van der Waals surface area contributed by atoms with E-state index >= 15 is 0 Å². The van der Waals surface area contributed by atoms with Gasteiger partial charge in [0.1, 0.15) is 0 Å². The Balaban J connectivity index is 1.19. The van der Waals surface area contributed by atoms with Crippen LogP contribution >= 0.6 is 0 Å². The Labute approximate surface area is 265 Å². The van der Waals surface area contributed by atoms with E-state index in [1.54, 1.807) is 0 Å². The van der Waals surface area contributed by atoms with Crippen LogP contribution in [0.3, 0.4) is 0 Å². The van der Waals surface area contributed by atoms with Gasteiger partial charge in [-0.3, -0.25) is 0 Å². The van der Waals surface area contributed by atoms with E-state index in [0.29, 0.717) is 0 Å². The molecule has 0 aliphatic heterocycles. The zero-order valence-corrected chi connectivity index (χ0v) is 26.6. The van der Waals surface area contributed by atoms with Gasteiger partial charge in [0.2, 0.25) is 0 Å². The van der Waals surface area contributed by atoms with Gasteiger partial charge in [0.05, 0.1) is 0 Å². The van der Waals surface area contributed by atoms with Gasteiger partial charge in [-0.1, -0.05) is 150 Å². The largest absolute Gasteiger partial charge is 0.0616 e. The molecule has 0 saturated carbocycles. The van der Waals surface area contributed by atoms with Crippen molar-refractivity contribution >= 4 is 43.1 Å². The normalized spacial score (nSPS) is 14.1. The first-order valence-electron chi connectivity index (χ1n) is 16.2. The van der Waals surface area contributed by atoms with E-state index in [0.717, 1.165) is 0 Å². The van der Waals surface area contributed by atoms with Crippen LogP contribution in [0.4, 0.5) is 0 Å². The van der Waals surface area contributed by atoms with Crippen molar-refractivity contribution < 1.29 is 0 Å². The minimum absolute atomic E-state index is 0.0952. The van der Waals surface area contributed by atoms with E-state index in [1.165, 1.54) is 93.2 Å². The highest BCUT2D eigenvalue weighted by Gasteiger charge is 2.36. The van der Waals surface area contributed by atoms with Gasteiger partial charge in [-0.05, 0) is 111 Å². The van der Waals surface area contributed by atoms with Crippen molar-refractivity contribution in [2.45, 2.75) is 45.4 Å². The summed E-state index contributed by atoms with van der Waals surface area (Å²) < 4.78 is 0. The summed E-state index contributed by atoms with van der Waals surface area (Å²) in [6, 6.07) is 48.4. The van der Waals surface area contributed by atoms with Crippen LogP contribution in [0.5, 0.6) is 0 Å². The van der Waals surface area contributed by atoms with Crippen molar-refractivity contribution in [3.8, 4) is 33.4 Å². The molecule has 0 atom stereocenters. The molecule has 0 spiro atoms. The fourth-order valence-electron chi connectivity index (χ4n) is 8.12. The lowest BCUT2D eigenvalue weighted by atomic mass is 9.80. The van der Waals surface area contributed by atoms with Crippen LogP contribution in [-0.2, 0) is 10.8 Å². The van der Waals surface area contributed by atoms with Crippen LogP contribution in [-0.4, -0.2) is 0 Å². The SMILES string of the molecule is CC(C)(C)c1ccc(-c2ccc3c(c2)C(C)(C)c2cc(-c4ccc5c6ccccc6c6cccc7ccc4c5c76)ccc2-3)cc1. The first-order valence-corrected chi connectivity index (χ1v) is 16.2. The Morgan fingerprint density at radius 2 is 0.978 bits per heavy atom. The predicted octanol–water partition coefficient (Wildman–Crippen LogP) is 12.7. The predicted molar refractivity (Wildman–Crippen MR) is 195 cm³/mol. The maximum atomic E-state index is 2.47. The quantitative estimate of drug-likeness (QED) is 0.142. The average Bonchev–Trinajstić information content (AvgIpc) is 3.28. The Hall–Kier alpha value is -4.94. The van der Waals surface area contributed by atoms with Gasteiger partial charge in [0.25, 0.3) is 0 Å². The standard InChI is InChI=1S/C45H36/c1-44(2,3)31-18-13-27(14-19-31)29-16-20-35-36-21-17-30(26-41(36)45(4,5)40(35)25-29)32-23-24-39-34-11-7-6-10-33(34)37-12-8-9-28-15-22-38(32)43(39)42(28)37/h6-26H,1-5H3. The van der Waals surface area contributed by atoms with Gasteiger partial charge < -0.3 is 0 Å². The number of rotatable bonds is 2. The Morgan fingerprint density at radius 1 is 0.422 bits per heavy atom. The van der Waals surface area contributed by atoms with Gasteiger partial charge >= 0.3 is 0 Å². The fraction of sp³-hybridized carbons (Fsp3) is 0.156. The average molecular weight is 577 g/mol. The van der Waals surface area contributed by atoms with Crippen molar-refractivity contribution in [1.29, 1.82) is 0 Å². The summed E-state index contributed by atoms with van der Waals surface area (Å²) in [5, 5.41) is 10.7. The molecule has 1 aliphatic carbocycles. The summed E-state index contributed by atoms with van der Waals surface area (Å²) in [7, 11) is 0. The first-order chi connectivity index (χ1) is 21.7. The molecule has 0 radical (unpaired) electrons. The minimum atomic E-state index is -0.0952. The van der Waals surface area contributed by atoms with Gasteiger partial charge in [0.15, 0.2) is 0 Å². The molecule has 1 aliphatic rings. The van der Waals surface area contributed by atoms with Crippen LogP contribution in [0.1, 0.15) is 51.3 Å². The summed E-state index contributed by atoms with van der Waals surface area (Å²) in [5.74, 6) is 0. The molecule has 8 aromatic carbocycles. The van der Waals surface area contributed by atoms with Crippen molar-refractivity contribution in [3.63, 3.8) is 0 Å². The smallest absolute Gasteiger partial charge is 0.0159 e.